The second kappa shape index (κ2) is 7.62. The molecule has 0 unspecified atom stereocenters. The molecular formula is C14H23N3OS. The monoisotopic (exact) mass is 281 g/mol. The van der Waals surface area contributed by atoms with Gasteiger partial charge in [-0.3, -0.25) is 9.69 Å². The Kier molecular flexibility index (Phi) is 5.82. The van der Waals surface area contributed by atoms with E-state index in [1.807, 2.05) is 4.90 Å². The van der Waals surface area contributed by atoms with Crippen LogP contribution in [-0.2, 0) is 11.3 Å². The molecule has 1 aromatic heterocycles. The number of amides is 1. The van der Waals surface area contributed by atoms with Crippen LogP contribution in [0.5, 0.6) is 0 Å². The molecule has 0 saturated carbocycles. The van der Waals surface area contributed by atoms with Crippen LogP contribution >= 0.6 is 11.3 Å². The van der Waals surface area contributed by atoms with Crippen molar-refractivity contribution in [2.75, 3.05) is 39.3 Å². The summed E-state index contributed by atoms with van der Waals surface area (Å²) in [5.41, 5.74) is 1.39. The fourth-order valence-electron chi connectivity index (χ4n) is 2.33. The van der Waals surface area contributed by atoms with Gasteiger partial charge in [-0.15, -0.1) is 0 Å². The molecule has 106 valence electrons. The van der Waals surface area contributed by atoms with Crippen molar-refractivity contribution >= 4 is 17.2 Å². The van der Waals surface area contributed by atoms with Crippen LogP contribution in [0.3, 0.4) is 0 Å². The van der Waals surface area contributed by atoms with E-state index in [-0.39, 0.29) is 5.91 Å². The lowest BCUT2D eigenvalue weighted by molar-refractivity contribution is -0.132. The Balaban J connectivity index is 1.68. The minimum Gasteiger partial charge on any atom is -0.340 e. The van der Waals surface area contributed by atoms with Crippen molar-refractivity contribution in [3.05, 3.63) is 22.4 Å². The number of nitrogens with zero attached hydrogens (tertiary/aromatic N) is 2. The largest absolute Gasteiger partial charge is 0.340 e. The summed E-state index contributed by atoms with van der Waals surface area (Å²) < 4.78 is 0. The molecule has 4 nitrogen and oxygen atoms in total. The number of nitrogens with one attached hydrogen (secondary N) is 1. The standard InChI is InChI=1S/C14H23N3OS/c1-2-15-5-3-14(18)17-8-6-16(7-9-17)11-13-4-10-19-12-13/h4,10,12,15H,2-3,5-9,11H2,1H3. The van der Waals surface area contributed by atoms with Crippen molar-refractivity contribution in [2.24, 2.45) is 0 Å². The Labute approximate surface area is 119 Å². The summed E-state index contributed by atoms with van der Waals surface area (Å²) in [6.45, 7) is 8.53. The van der Waals surface area contributed by atoms with Crippen molar-refractivity contribution in [2.45, 2.75) is 19.9 Å². The van der Waals surface area contributed by atoms with Gasteiger partial charge in [0.2, 0.25) is 5.91 Å². The molecule has 0 bridgehead atoms. The zero-order valence-electron chi connectivity index (χ0n) is 11.6. The Morgan fingerprint density at radius 3 is 2.79 bits per heavy atom. The van der Waals surface area contributed by atoms with E-state index in [1.165, 1.54) is 5.56 Å². The van der Waals surface area contributed by atoms with E-state index in [2.05, 4.69) is 34.0 Å². The lowest BCUT2D eigenvalue weighted by Crippen LogP contribution is -2.48. The van der Waals surface area contributed by atoms with Crippen LogP contribution in [0.15, 0.2) is 16.8 Å². The average Bonchev–Trinajstić information content (AvgIpc) is 2.93. The van der Waals surface area contributed by atoms with E-state index in [0.717, 1.165) is 45.8 Å². The zero-order chi connectivity index (χ0) is 13.5. The lowest BCUT2D eigenvalue weighted by atomic mass is 10.2. The first kappa shape index (κ1) is 14.5. The van der Waals surface area contributed by atoms with Gasteiger partial charge < -0.3 is 10.2 Å². The molecule has 0 aliphatic carbocycles. The molecule has 1 amide bonds. The van der Waals surface area contributed by atoms with Crippen molar-refractivity contribution in [3.63, 3.8) is 0 Å². The van der Waals surface area contributed by atoms with Crippen molar-refractivity contribution in [1.82, 2.24) is 15.1 Å². The van der Waals surface area contributed by atoms with Crippen LogP contribution in [0, 0.1) is 0 Å². The molecule has 1 aromatic rings. The van der Waals surface area contributed by atoms with Crippen LogP contribution in [0.2, 0.25) is 0 Å². The van der Waals surface area contributed by atoms with Gasteiger partial charge in [-0.25, -0.2) is 0 Å². The van der Waals surface area contributed by atoms with Gasteiger partial charge in [0.15, 0.2) is 0 Å². The fraction of sp³-hybridized carbons (Fsp3) is 0.643. The summed E-state index contributed by atoms with van der Waals surface area (Å²) in [6, 6.07) is 2.18. The molecule has 1 aliphatic rings. The lowest BCUT2D eigenvalue weighted by Gasteiger charge is -2.34. The quantitative estimate of drug-likeness (QED) is 0.801. The first-order valence-corrected chi connectivity index (χ1v) is 7.96. The molecule has 0 aromatic carbocycles. The Hall–Kier alpha value is -0.910. The first-order chi connectivity index (χ1) is 9.29. The molecule has 5 heteroatoms. The summed E-state index contributed by atoms with van der Waals surface area (Å²) in [5.74, 6) is 0.288. The van der Waals surface area contributed by atoms with Gasteiger partial charge in [0.25, 0.3) is 0 Å². The molecule has 1 saturated heterocycles. The third-order valence-corrected chi connectivity index (χ3v) is 4.21. The fourth-order valence-corrected chi connectivity index (χ4v) is 2.99. The number of piperazine rings is 1. The maximum absolute atomic E-state index is 12.0. The molecule has 1 fully saturated rings. The minimum atomic E-state index is 0.288. The van der Waals surface area contributed by atoms with Gasteiger partial charge in [-0.2, -0.15) is 11.3 Å². The molecule has 2 rings (SSSR count). The summed E-state index contributed by atoms with van der Waals surface area (Å²) >= 11 is 1.75. The van der Waals surface area contributed by atoms with E-state index in [9.17, 15) is 4.79 Å². The topological polar surface area (TPSA) is 35.6 Å². The van der Waals surface area contributed by atoms with Crippen molar-refractivity contribution < 1.29 is 4.79 Å². The van der Waals surface area contributed by atoms with E-state index in [1.54, 1.807) is 11.3 Å². The Morgan fingerprint density at radius 1 is 1.37 bits per heavy atom. The van der Waals surface area contributed by atoms with Gasteiger partial charge in [-0.05, 0) is 28.9 Å². The highest BCUT2D eigenvalue weighted by molar-refractivity contribution is 7.07. The second-order valence-corrected chi connectivity index (χ2v) is 5.67. The first-order valence-electron chi connectivity index (χ1n) is 7.01. The highest BCUT2D eigenvalue weighted by Crippen LogP contribution is 2.11. The third kappa shape index (κ3) is 4.60. The van der Waals surface area contributed by atoms with E-state index < -0.39 is 0 Å². The Bertz CT molecular complexity index is 372. The smallest absolute Gasteiger partial charge is 0.223 e. The normalized spacial score (nSPS) is 16.8. The SMILES string of the molecule is CCNCCC(=O)N1CCN(Cc2ccsc2)CC1. The molecule has 1 N–H and O–H groups in total. The predicted molar refractivity (Wildman–Crippen MR) is 79.3 cm³/mol. The molecule has 19 heavy (non-hydrogen) atoms. The number of carbonyl (C=O) groups excluding carboxylic acids is 1. The van der Waals surface area contributed by atoms with Gasteiger partial charge >= 0.3 is 0 Å². The van der Waals surface area contributed by atoms with Crippen LogP contribution in [-0.4, -0.2) is 55.0 Å². The molecule has 0 spiro atoms. The summed E-state index contributed by atoms with van der Waals surface area (Å²) in [6.07, 6.45) is 0.623. The van der Waals surface area contributed by atoms with Crippen LogP contribution in [0.1, 0.15) is 18.9 Å². The number of carbonyl (C=O) groups is 1. The highest BCUT2D eigenvalue weighted by Gasteiger charge is 2.20. The second-order valence-electron chi connectivity index (χ2n) is 4.89. The van der Waals surface area contributed by atoms with Crippen molar-refractivity contribution in [3.8, 4) is 0 Å². The summed E-state index contributed by atoms with van der Waals surface area (Å²) in [5, 5.41) is 7.52. The number of thiophene rings is 1. The van der Waals surface area contributed by atoms with Gasteiger partial charge in [0.1, 0.15) is 0 Å². The molecule has 0 atom stereocenters. The zero-order valence-corrected chi connectivity index (χ0v) is 12.4. The number of hydrogen-bond acceptors (Lipinski definition) is 4. The number of rotatable bonds is 6. The highest BCUT2D eigenvalue weighted by atomic mass is 32.1. The average molecular weight is 281 g/mol. The van der Waals surface area contributed by atoms with Crippen molar-refractivity contribution in [1.29, 1.82) is 0 Å². The molecule has 0 radical (unpaired) electrons. The molecular weight excluding hydrogens is 258 g/mol. The maximum atomic E-state index is 12.0. The van der Waals surface area contributed by atoms with Gasteiger partial charge in [0.05, 0.1) is 0 Å². The maximum Gasteiger partial charge on any atom is 0.223 e. The van der Waals surface area contributed by atoms with Crippen LogP contribution in [0.4, 0.5) is 0 Å². The molecule has 2 heterocycles. The summed E-state index contributed by atoms with van der Waals surface area (Å²) in [4.78, 5) is 16.4. The molecule has 1 aliphatic heterocycles. The Morgan fingerprint density at radius 2 is 2.16 bits per heavy atom. The van der Waals surface area contributed by atoms with Gasteiger partial charge in [-0.1, -0.05) is 6.92 Å². The minimum absolute atomic E-state index is 0.288. The van der Waals surface area contributed by atoms with Crippen LogP contribution < -0.4 is 5.32 Å². The third-order valence-electron chi connectivity index (χ3n) is 3.48. The van der Waals surface area contributed by atoms with E-state index >= 15 is 0 Å². The predicted octanol–water partition coefficient (Wildman–Crippen LogP) is 1.39. The van der Waals surface area contributed by atoms with Gasteiger partial charge in [0, 0.05) is 45.7 Å². The number of hydrogen-bond donors (Lipinski definition) is 1. The van der Waals surface area contributed by atoms with Crippen LogP contribution in [0.25, 0.3) is 0 Å². The summed E-state index contributed by atoms with van der Waals surface area (Å²) in [7, 11) is 0. The van der Waals surface area contributed by atoms with E-state index in [0.29, 0.717) is 6.42 Å². The van der Waals surface area contributed by atoms with E-state index in [4.69, 9.17) is 0 Å².